The fourth-order valence-corrected chi connectivity index (χ4v) is 1.81. The number of carbonyl (C=O) groups excluding carboxylic acids is 1. The highest BCUT2D eigenvalue weighted by Crippen LogP contribution is 2.48. The summed E-state index contributed by atoms with van der Waals surface area (Å²) >= 11 is 0. The maximum absolute atomic E-state index is 12.0. The van der Waals surface area contributed by atoms with Crippen molar-refractivity contribution in [1.82, 2.24) is 0 Å². The maximum atomic E-state index is 12.0. The molecule has 1 aliphatic carbocycles. The molecule has 1 saturated carbocycles. The Hall–Kier alpha value is -1.84. The predicted molar refractivity (Wildman–Crippen MR) is 61.2 cm³/mol. The summed E-state index contributed by atoms with van der Waals surface area (Å²) in [5, 5.41) is 9.03. The fourth-order valence-electron chi connectivity index (χ4n) is 1.81. The van der Waals surface area contributed by atoms with Crippen LogP contribution in [0.25, 0.3) is 0 Å². The molecule has 0 aliphatic heterocycles. The third kappa shape index (κ3) is 2.02. The number of Topliss-reactive ketones (excluding diaryl/α,β-unsaturated/α-hetero) is 1. The first-order valence-corrected chi connectivity index (χ1v) is 5.61. The van der Waals surface area contributed by atoms with Crippen LogP contribution in [0.2, 0.25) is 0 Å². The van der Waals surface area contributed by atoms with Crippen LogP contribution in [0.15, 0.2) is 24.3 Å². The van der Waals surface area contributed by atoms with Crippen molar-refractivity contribution in [3.63, 3.8) is 0 Å². The summed E-state index contributed by atoms with van der Waals surface area (Å²) in [4.78, 5) is 23.0. The zero-order chi connectivity index (χ0) is 12.5. The van der Waals surface area contributed by atoms with Gasteiger partial charge in [0, 0.05) is 5.56 Å². The monoisotopic (exact) mass is 234 g/mol. The minimum absolute atomic E-state index is 0.298. The van der Waals surface area contributed by atoms with Crippen LogP contribution in [0.1, 0.15) is 30.1 Å². The molecule has 0 heterocycles. The SMILES string of the molecule is CCOc1ccc(C(=O)C2(C(=O)O)CC2)cc1. The number of aliphatic carboxylic acids is 1. The molecule has 1 aromatic rings. The second-order valence-electron chi connectivity index (χ2n) is 4.17. The summed E-state index contributed by atoms with van der Waals surface area (Å²) in [6.07, 6.45) is 0.878. The molecule has 0 saturated heterocycles. The van der Waals surface area contributed by atoms with Gasteiger partial charge in [-0.05, 0) is 44.0 Å². The highest BCUT2D eigenvalue weighted by atomic mass is 16.5. The summed E-state index contributed by atoms with van der Waals surface area (Å²) in [5.74, 6) is -0.631. The van der Waals surface area contributed by atoms with Crippen LogP contribution in [-0.4, -0.2) is 23.5 Å². The van der Waals surface area contributed by atoms with Crippen molar-refractivity contribution in [2.75, 3.05) is 6.61 Å². The molecule has 1 fully saturated rings. The number of rotatable bonds is 5. The molecule has 0 atom stereocenters. The number of carbonyl (C=O) groups is 2. The van der Waals surface area contributed by atoms with Crippen molar-refractivity contribution >= 4 is 11.8 Å². The van der Waals surface area contributed by atoms with Crippen LogP contribution in [-0.2, 0) is 4.79 Å². The Morgan fingerprint density at radius 3 is 2.29 bits per heavy atom. The molecule has 0 aromatic heterocycles. The Labute approximate surface area is 99.2 Å². The van der Waals surface area contributed by atoms with Crippen molar-refractivity contribution in [2.24, 2.45) is 5.41 Å². The number of ether oxygens (including phenoxy) is 1. The average molecular weight is 234 g/mol. The largest absolute Gasteiger partial charge is 0.494 e. The standard InChI is InChI=1S/C13H14O4/c1-2-17-10-5-3-9(4-6-10)11(14)13(7-8-13)12(15)16/h3-6H,2,7-8H2,1H3,(H,15,16). The summed E-state index contributed by atoms with van der Waals surface area (Å²) in [5.41, 5.74) is -0.721. The third-order valence-electron chi connectivity index (χ3n) is 3.02. The van der Waals surface area contributed by atoms with E-state index in [1.54, 1.807) is 24.3 Å². The van der Waals surface area contributed by atoms with E-state index in [9.17, 15) is 9.59 Å². The van der Waals surface area contributed by atoms with Crippen molar-refractivity contribution in [2.45, 2.75) is 19.8 Å². The minimum Gasteiger partial charge on any atom is -0.494 e. The lowest BCUT2D eigenvalue weighted by molar-refractivity contribution is -0.141. The lowest BCUT2D eigenvalue weighted by atomic mass is 9.95. The molecule has 0 amide bonds. The molecule has 0 bridgehead atoms. The zero-order valence-electron chi connectivity index (χ0n) is 9.60. The van der Waals surface area contributed by atoms with E-state index in [1.165, 1.54) is 0 Å². The number of carboxylic acids is 1. The summed E-state index contributed by atoms with van der Waals surface area (Å²) in [7, 11) is 0. The van der Waals surface area contributed by atoms with E-state index in [0.29, 0.717) is 30.8 Å². The van der Waals surface area contributed by atoms with Gasteiger partial charge in [0.2, 0.25) is 0 Å². The number of ketones is 1. The predicted octanol–water partition coefficient (Wildman–Crippen LogP) is 2.13. The van der Waals surface area contributed by atoms with Gasteiger partial charge in [-0.1, -0.05) is 0 Å². The molecular weight excluding hydrogens is 220 g/mol. The van der Waals surface area contributed by atoms with Crippen LogP contribution in [0.4, 0.5) is 0 Å². The van der Waals surface area contributed by atoms with Gasteiger partial charge in [0.05, 0.1) is 6.61 Å². The molecule has 0 unspecified atom stereocenters. The molecule has 1 N–H and O–H groups in total. The van der Waals surface area contributed by atoms with E-state index in [2.05, 4.69) is 0 Å². The normalized spacial score (nSPS) is 16.3. The van der Waals surface area contributed by atoms with Gasteiger partial charge in [0.1, 0.15) is 11.2 Å². The lowest BCUT2D eigenvalue weighted by Gasteiger charge is -2.09. The first kappa shape index (κ1) is 11.6. The first-order valence-electron chi connectivity index (χ1n) is 5.61. The number of hydrogen-bond donors (Lipinski definition) is 1. The van der Waals surface area contributed by atoms with Crippen molar-refractivity contribution in [3.8, 4) is 5.75 Å². The molecule has 2 rings (SSSR count). The molecule has 90 valence electrons. The van der Waals surface area contributed by atoms with Gasteiger partial charge in [-0.25, -0.2) is 0 Å². The smallest absolute Gasteiger partial charge is 0.317 e. The van der Waals surface area contributed by atoms with Crippen LogP contribution in [0.3, 0.4) is 0 Å². The molecule has 17 heavy (non-hydrogen) atoms. The van der Waals surface area contributed by atoms with Gasteiger partial charge in [0.15, 0.2) is 5.78 Å². The van der Waals surface area contributed by atoms with Crippen molar-refractivity contribution in [1.29, 1.82) is 0 Å². The Morgan fingerprint density at radius 2 is 1.88 bits per heavy atom. The second-order valence-corrected chi connectivity index (χ2v) is 4.17. The highest BCUT2D eigenvalue weighted by molar-refractivity contribution is 6.14. The molecular formula is C13H14O4. The van der Waals surface area contributed by atoms with E-state index < -0.39 is 11.4 Å². The maximum Gasteiger partial charge on any atom is 0.317 e. The minimum atomic E-state index is -1.16. The molecule has 0 spiro atoms. The van der Waals surface area contributed by atoms with Gasteiger partial charge in [0.25, 0.3) is 0 Å². The summed E-state index contributed by atoms with van der Waals surface area (Å²) in [6.45, 7) is 2.44. The molecule has 1 aliphatic rings. The molecule has 1 aromatic carbocycles. The number of benzene rings is 1. The van der Waals surface area contributed by atoms with Crippen LogP contribution < -0.4 is 4.74 Å². The van der Waals surface area contributed by atoms with Crippen LogP contribution in [0, 0.1) is 5.41 Å². The Bertz CT molecular complexity index is 443. The van der Waals surface area contributed by atoms with Crippen molar-refractivity contribution in [3.05, 3.63) is 29.8 Å². The topological polar surface area (TPSA) is 63.6 Å². The Balaban J connectivity index is 2.18. The second kappa shape index (κ2) is 4.20. The zero-order valence-corrected chi connectivity index (χ0v) is 9.60. The third-order valence-corrected chi connectivity index (χ3v) is 3.02. The molecule has 0 radical (unpaired) electrons. The Morgan fingerprint density at radius 1 is 1.29 bits per heavy atom. The summed E-state index contributed by atoms with van der Waals surface area (Å²) in [6, 6.07) is 6.62. The van der Waals surface area contributed by atoms with E-state index >= 15 is 0 Å². The highest BCUT2D eigenvalue weighted by Gasteiger charge is 2.56. The van der Waals surface area contributed by atoms with Gasteiger partial charge in [-0.15, -0.1) is 0 Å². The fraction of sp³-hybridized carbons (Fsp3) is 0.385. The van der Waals surface area contributed by atoms with E-state index in [4.69, 9.17) is 9.84 Å². The van der Waals surface area contributed by atoms with Crippen molar-refractivity contribution < 1.29 is 19.4 Å². The number of carboxylic acid groups (broad SMARTS) is 1. The number of hydrogen-bond acceptors (Lipinski definition) is 3. The molecule has 4 heteroatoms. The van der Waals surface area contributed by atoms with Gasteiger partial charge < -0.3 is 9.84 Å². The lowest BCUT2D eigenvalue weighted by Crippen LogP contribution is -2.25. The Kier molecular flexibility index (Phi) is 2.88. The molecule has 4 nitrogen and oxygen atoms in total. The van der Waals surface area contributed by atoms with Gasteiger partial charge in [-0.2, -0.15) is 0 Å². The van der Waals surface area contributed by atoms with Crippen LogP contribution >= 0.6 is 0 Å². The average Bonchev–Trinajstić information content (AvgIpc) is 3.11. The van der Waals surface area contributed by atoms with Crippen LogP contribution in [0.5, 0.6) is 5.75 Å². The summed E-state index contributed by atoms with van der Waals surface area (Å²) < 4.78 is 5.26. The van der Waals surface area contributed by atoms with Gasteiger partial charge in [-0.3, -0.25) is 9.59 Å². The first-order chi connectivity index (χ1) is 8.10. The van der Waals surface area contributed by atoms with Gasteiger partial charge >= 0.3 is 5.97 Å². The van der Waals surface area contributed by atoms with E-state index in [-0.39, 0.29) is 5.78 Å². The van der Waals surface area contributed by atoms with E-state index in [0.717, 1.165) is 0 Å². The van der Waals surface area contributed by atoms with E-state index in [1.807, 2.05) is 6.92 Å². The quantitative estimate of drug-likeness (QED) is 0.626.